The van der Waals surface area contributed by atoms with Crippen molar-refractivity contribution in [1.82, 2.24) is 9.38 Å². The number of benzene rings is 2. The van der Waals surface area contributed by atoms with Crippen molar-refractivity contribution in [2.24, 2.45) is 0 Å². The summed E-state index contributed by atoms with van der Waals surface area (Å²) in [5, 5.41) is 0. The van der Waals surface area contributed by atoms with Gasteiger partial charge in [0.2, 0.25) is 0 Å². The van der Waals surface area contributed by atoms with Gasteiger partial charge in [-0.05, 0) is 23.3 Å². The molecule has 4 rings (SSSR count). The smallest absolute Gasteiger partial charge is 0.403 e. The zero-order valence-electron chi connectivity index (χ0n) is 15.5. The van der Waals surface area contributed by atoms with Crippen molar-refractivity contribution in [1.29, 1.82) is 0 Å². The molecular weight excluding hydrogens is 338 g/mol. The monoisotopic (exact) mass is 360 g/mol. The average Bonchev–Trinajstić information content (AvgIpc) is 3.06. The highest BCUT2D eigenvalue weighted by Gasteiger charge is 2.18. The molecule has 0 N–H and O–H groups in total. The van der Waals surface area contributed by atoms with E-state index in [4.69, 9.17) is 9.47 Å². The van der Waals surface area contributed by atoms with Crippen LogP contribution in [0.1, 0.15) is 16.8 Å². The molecule has 0 bridgehead atoms. The Hall–Kier alpha value is -3.34. The minimum atomic E-state index is 0.738. The van der Waals surface area contributed by atoms with Gasteiger partial charge in [0.05, 0.1) is 27.0 Å². The van der Waals surface area contributed by atoms with Gasteiger partial charge in [-0.2, -0.15) is 0 Å². The number of rotatable bonds is 6. The molecule has 0 amide bonds. The lowest BCUT2D eigenvalue weighted by molar-refractivity contribution is -0.664. The quantitative estimate of drug-likeness (QED) is 0.496. The highest BCUT2D eigenvalue weighted by molar-refractivity contribution is 5.44. The lowest BCUT2D eigenvalue weighted by Crippen LogP contribution is -2.33. The number of imidazole rings is 1. The van der Waals surface area contributed by atoms with Crippen molar-refractivity contribution in [3.05, 3.63) is 90.0 Å². The Bertz CT molecular complexity index is 1060. The summed E-state index contributed by atoms with van der Waals surface area (Å²) in [6.45, 7) is 0.785. The summed E-state index contributed by atoms with van der Waals surface area (Å²) in [5.74, 6) is 2.41. The third kappa shape index (κ3) is 3.49. The van der Waals surface area contributed by atoms with E-state index in [1.165, 1.54) is 11.3 Å². The maximum atomic E-state index is 5.44. The fourth-order valence-corrected chi connectivity index (χ4v) is 3.33. The summed E-state index contributed by atoms with van der Waals surface area (Å²) < 4.78 is 15.1. The van der Waals surface area contributed by atoms with E-state index in [-0.39, 0.29) is 0 Å². The molecule has 27 heavy (non-hydrogen) atoms. The SMILES string of the molecule is COc1ccc(Cc2c[n+](Cc3ccccc3)c3ncccn23)cc1OC. The van der Waals surface area contributed by atoms with Gasteiger partial charge in [-0.25, -0.2) is 8.97 Å². The Morgan fingerprint density at radius 3 is 2.52 bits per heavy atom. The molecule has 0 radical (unpaired) electrons. The third-order valence-corrected chi connectivity index (χ3v) is 4.63. The minimum Gasteiger partial charge on any atom is -0.493 e. The van der Waals surface area contributed by atoms with Crippen LogP contribution >= 0.6 is 0 Å². The van der Waals surface area contributed by atoms with E-state index in [0.717, 1.165) is 35.8 Å². The summed E-state index contributed by atoms with van der Waals surface area (Å²) in [7, 11) is 3.31. The first kappa shape index (κ1) is 17.1. The number of hydrogen-bond donors (Lipinski definition) is 0. The number of aromatic nitrogens is 3. The van der Waals surface area contributed by atoms with Crippen LogP contribution in [0, 0.1) is 0 Å². The second-order valence-corrected chi connectivity index (χ2v) is 6.39. The molecular formula is C22H22N3O2+. The Kier molecular flexibility index (Phi) is 4.75. The third-order valence-electron chi connectivity index (χ3n) is 4.63. The first-order valence-corrected chi connectivity index (χ1v) is 8.87. The molecule has 0 aliphatic rings. The Morgan fingerprint density at radius 1 is 0.926 bits per heavy atom. The van der Waals surface area contributed by atoms with E-state index in [2.05, 4.69) is 56.7 Å². The van der Waals surface area contributed by atoms with Crippen LogP contribution in [0.5, 0.6) is 11.5 Å². The van der Waals surface area contributed by atoms with Crippen LogP contribution in [0.2, 0.25) is 0 Å². The van der Waals surface area contributed by atoms with Crippen LogP contribution < -0.4 is 14.0 Å². The number of methoxy groups -OCH3 is 2. The van der Waals surface area contributed by atoms with Crippen molar-refractivity contribution in [3.8, 4) is 11.5 Å². The van der Waals surface area contributed by atoms with Gasteiger partial charge in [0.1, 0.15) is 18.1 Å². The van der Waals surface area contributed by atoms with Crippen LogP contribution in [0.25, 0.3) is 5.78 Å². The highest BCUT2D eigenvalue weighted by atomic mass is 16.5. The predicted molar refractivity (Wildman–Crippen MR) is 103 cm³/mol. The normalized spacial score (nSPS) is 10.9. The van der Waals surface area contributed by atoms with E-state index in [1.807, 2.05) is 30.5 Å². The number of fused-ring (bicyclic) bond motifs is 1. The molecule has 2 heterocycles. The van der Waals surface area contributed by atoms with Gasteiger partial charge in [0, 0.05) is 12.5 Å². The fraction of sp³-hybridized carbons (Fsp3) is 0.182. The largest absolute Gasteiger partial charge is 0.493 e. The van der Waals surface area contributed by atoms with Crippen molar-refractivity contribution >= 4 is 5.78 Å². The van der Waals surface area contributed by atoms with Gasteiger partial charge in [0.15, 0.2) is 11.5 Å². The van der Waals surface area contributed by atoms with Crippen LogP contribution in [0.3, 0.4) is 0 Å². The van der Waals surface area contributed by atoms with E-state index >= 15 is 0 Å². The maximum Gasteiger partial charge on any atom is 0.403 e. The molecule has 0 aliphatic heterocycles. The molecule has 0 saturated carbocycles. The Morgan fingerprint density at radius 2 is 1.74 bits per heavy atom. The fourth-order valence-electron chi connectivity index (χ4n) is 3.33. The van der Waals surface area contributed by atoms with Gasteiger partial charge in [0.25, 0.3) is 0 Å². The van der Waals surface area contributed by atoms with E-state index in [0.29, 0.717) is 0 Å². The molecule has 0 spiro atoms. The first-order chi connectivity index (χ1) is 13.3. The molecule has 136 valence electrons. The van der Waals surface area contributed by atoms with Crippen molar-refractivity contribution in [2.75, 3.05) is 14.2 Å². The first-order valence-electron chi connectivity index (χ1n) is 8.87. The summed E-state index contributed by atoms with van der Waals surface area (Å²) in [6, 6.07) is 18.4. The molecule has 5 heteroatoms. The molecule has 0 atom stereocenters. The Labute approximate surface area is 158 Å². The van der Waals surface area contributed by atoms with Crippen LogP contribution in [-0.4, -0.2) is 23.6 Å². The van der Waals surface area contributed by atoms with Gasteiger partial charge < -0.3 is 9.47 Å². The minimum absolute atomic E-state index is 0.738. The summed E-state index contributed by atoms with van der Waals surface area (Å²) >= 11 is 0. The molecule has 5 nitrogen and oxygen atoms in total. The van der Waals surface area contributed by atoms with E-state index < -0.39 is 0 Å². The molecule has 2 aromatic carbocycles. The van der Waals surface area contributed by atoms with Gasteiger partial charge in [-0.1, -0.05) is 41.4 Å². The topological polar surface area (TPSA) is 39.6 Å². The lowest BCUT2D eigenvalue weighted by Gasteiger charge is -2.08. The second-order valence-electron chi connectivity index (χ2n) is 6.39. The van der Waals surface area contributed by atoms with Crippen LogP contribution in [0.4, 0.5) is 0 Å². The summed E-state index contributed by atoms with van der Waals surface area (Å²) in [6.07, 6.45) is 6.83. The highest BCUT2D eigenvalue weighted by Crippen LogP contribution is 2.28. The van der Waals surface area contributed by atoms with Crippen molar-refractivity contribution in [3.63, 3.8) is 0 Å². The molecule has 4 aromatic rings. The van der Waals surface area contributed by atoms with Crippen LogP contribution in [-0.2, 0) is 13.0 Å². The maximum absolute atomic E-state index is 5.44. The molecule has 0 saturated heterocycles. The van der Waals surface area contributed by atoms with E-state index in [1.54, 1.807) is 14.2 Å². The van der Waals surface area contributed by atoms with Crippen molar-refractivity contribution in [2.45, 2.75) is 13.0 Å². The second kappa shape index (κ2) is 7.50. The molecule has 0 aliphatic carbocycles. The van der Waals surface area contributed by atoms with Crippen molar-refractivity contribution < 1.29 is 14.0 Å². The zero-order chi connectivity index (χ0) is 18.6. The summed E-state index contributed by atoms with van der Waals surface area (Å²) in [4.78, 5) is 4.58. The standard InChI is InChI=1S/C22H22N3O2/c1-26-20-10-9-18(14-21(20)27-2)13-19-16-24(15-17-7-4-3-5-8-17)22-23-11-6-12-25(19)22/h3-12,14,16H,13,15H2,1-2H3/q+1. The van der Waals surface area contributed by atoms with Gasteiger partial charge in [-0.15, -0.1) is 0 Å². The number of nitrogens with zero attached hydrogens (tertiary/aromatic N) is 3. The average molecular weight is 360 g/mol. The lowest BCUT2D eigenvalue weighted by atomic mass is 10.1. The Balaban J connectivity index is 1.70. The summed E-state index contributed by atoms with van der Waals surface area (Å²) in [5.41, 5.74) is 3.57. The van der Waals surface area contributed by atoms with E-state index in [9.17, 15) is 0 Å². The predicted octanol–water partition coefficient (Wildman–Crippen LogP) is 3.28. The van der Waals surface area contributed by atoms with Gasteiger partial charge >= 0.3 is 5.78 Å². The van der Waals surface area contributed by atoms with Crippen LogP contribution in [0.15, 0.2) is 73.2 Å². The number of hydrogen-bond acceptors (Lipinski definition) is 3. The number of ether oxygens (including phenoxy) is 2. The molecule has 2 aromatic heterocycles. The molecule has 0 unspecified atom stereocenters. The zero-order valence-corrected chi connectivity index (χ0v) is 15.5. The molecule has 0 fully saturated rings. The van der Waals surface area contributed by atoms with Gasteiger partial charge in [-0.3, -0.25) is 0 Å².